The Morgan fingerprint density at radius 3 is 3.00 bits per heavy atom. The van der Waals surface area contributed by atoms with Gasteiger partial charge in [0, 0.05) is 19.2 Å². The SMILES string of the molecule is Cc1nnc(SCc2cc(=O)c(O)co2)n1CCN. The summed E-state index contributed by atoms with van der Waals surface area (Å²) in [5.74, 6) is 1.29. The van der Waals surface area contributed by atoms with Crippen LogP contribution in [0.5, 0.6) is 5.75 Å². The van der Waals surface area contributed by atoms with Crippen LogP contribution >= 0.6 is 11.8 Å². The molecule has 3 N–H and O–H groups in total. The molecule has 102 valence electrons. The summed E-state index contributed by atoms with van der Waals surface area (Å²) in [5, 5.41) is 17.8. The number of thioether (sulfide) groups is 1. The molecule has 0 saturated heterocycles. The van der Waals surface area contributed by atoms with E-state index in [1.807, 2.05) is 11.5 Å². The molecule has 0 aliphatic heterocycles. The van der Waals surface area contributed by atoms with Gasteiger partial charge >= 0.3 is 0 Å². The van der Waals surface area contributed by atoms with Crippen LogP contribution in [0.2, 0.25) is 0 Å². The molecule has 0 atom stereocenters. The van der Waals surface area contributed by atoms with Gasteiger partial charge in [-0.1, -0.05) is 11.8 Å². The molecule has 0 aliphatic rings. The largest absolute Gasteiger partial charge is 0.502 e. The second-order valence-corrected chi connectivity index (χ2v) is 4.80. The Balaban J connectivity index is 2.10. The number of hydrogen-bond donors (Lipinski definition) is 2. The van der Waals surface area contributed by atoms with E-state index in [9.17, 15) is 4.79 Å². The molecule has 2 aromatic heterocycles. The third-order valence-electron chi connectivity index (χ3n) is 2.46. The van der Waals surface area contributed by atoms with Crippen LogP contribution in [-0.2, 0) is 12.3 Å². The maximum absolute atomic E-state index is 11.3. The lowest BCUT2D eigenvalue weighted by Gasteiger charge is -2.05. The van der Waals surface area contributed by atoms with Crippen molar-refractivity contribution in [1.29, 1.82) is 0 Å². The van der Waals surface area contributed by atoms with Gasteiger partial charge in [0.2, 0.25) is 5.43 Å². The topological polar surface area (TPSA) is 107 Å². The van der Waals surface area contributed by atoms with Gasteiger partial charge in [0.15, 0.2) is 10.9 Å². The second-order valence-electron chi connectivity index (χ2n) is 3.85. The van der Waals surface area contributed by atoms with Gasteiger partial charge in [-0.15, -0.1) is 10.2 Å². The summed E-state index contributed by atoms with van der Waals surface area (Å²) >= 11 is 1.40. The Hall–Kier alpha value is -1.80. The van der Waals surface area contributed by atoms with Crippen molar-refractivity contribution in [2.75, 3.05) is 6.54 Å². The van der Waals surface area contributed by atoms with E-state index in [1.54, 1.807) is 0 Å². The van der Waals surface area contributed by atoms with Crippen molar-refractivity contribution in [3.05, 3.63) is 34.1 Å². The Bertz CT molecular complexity index is 623. The van der Waals surface area contributed by atoms with Crippen LogP contribution in [0.1, 0.15) is 11.6 Å². The minimum absolute atomic E-state index is 0.393. The van der Waals surface area contributed by atoms with E-state index in [0.29, 0.717) is 24.6 Å². The van der Waals surface area contributed by atoms with Crippen molar-refractivity contribution in [1.82, 2.24) is 14.8 Å². The molecular weight excluding hydrogens is 268 g/mol. The Labute approximate surface area is 113 Å². The maximum atomic E-state index is 11.3. The highest BCUT2D eigenvalue weighted by Crippen LogP contribution is 2.21. The minimum atomic E-state index is -0.457. The zero-order valence-corrected chi connectivity index (χ0v) is 11.2. The first-order valence-electron chi connectivity index (χ1n) is 5.65. The third-order valence-corrected chi connectivity index (χ3v) is 3.45. The normalized spacial score (nSPS) is 10.8. The molecule has 0 bridgehead atoms. The standard InChI is InChI=1S/C11H14N4O3S/c1-7-13-14-11(15(7)3-2-12)19-6-8-4-9(16)10(17)5-18-8/h4-5,17H,2-3,6,12H2,1H3. The van der Waals surface area contributed by atoms with Gasteiger partial charge in [0.25, 0.3) is 0 Å². The fourth-order valence-electron chi connectivity index (χ4n) is 1.51. The Kier molecular flexibility index (Phi) is 4.23. The molecule has 0 amide bonds. The lowest BCUT2D eigenvalue weighted by molar-refractivity contribution is 0.419. The minimum Gasteiger partial charge on any atom is -0.502 e. The zero-order chi connectivity index (χ0) is 13.8. The van der Waals surface area contributed by atoms with Gasteiger partial charge in [-0.05, 0) is 6.92 Å². The molecule has 8 heteroatoms. The fourth-order valence-corrected chi connectivity index (χ4v) is 2.41. The summed E-state index contributed by atoms with van der Waals surface area (Å²) < 4.78 is 7.02. The van der Waals surface area contributed by atoms with Crippen LogP contribution in [-0.4, -0.2) is 26.4 Å². The van der Waals surface area contributed by atoms with Gasteiger partial charge < -0.3 is 19.8 Å². The zero-order valence-electron chi connectivity index (χ0n) is 10.4. The molecule has 2 heterocycles. The van der Waals surface area contributed by atoms with E-state index in [2.05, 4.69) is 10.2 Å². The smallest absolute Gasteiger partial charge is 0.226 e. The number of rotatable bonds is 5. The van der Waals surface area contributed by atoms with Gasteiger partial charge in [0.05, 0.1) is 5.75 Å². The summed E-state index contributed by atoms with van der Waals surface area (Å²) in [4.78, 5) is 11.3. The number of hydrogen-bond acceptors (Lipinski definition) is 7. The predicted molar refractivity (Wildman–Crippen MR) is 70.0 cm³/mol. The van der Waals surface area contributed by atoms with Crippen LogP contribution in [0.4, 0.5) is 0 Å². The summed E-state index contributed by atoms with van der Waals surface area (Å²) in [5.41, 5.74) is 5.07. The second kappa shape index (κ2) is 5.89. The number of aromatic nitrogens is 3. The van der Waals surface area contributed by atoms with Crippen LogP contribution in [0.3, 0.4) is 0 Å². The average Bonchev–Trinajstić information content (AvgIpc) is 2.73. The molecule has 0 spiro atoms. The maximum Gasteiger partial charge on any atom is 0.226 e. The first-order valence-corrected chi connectivity index (χ1v) is 6.63. The first kappa shape index (κ1) is 13.6. The fraction of sp³-hybridized carbons (Fsp3) is 0.364. The average molecular weight is 282 g/mol. The van der Waals surface area contributed by atoms with E-state index in [0.717, 1.165) is 17.2 Å². The molecule has 0 fully saturated rings. The van der Waals surface area contributed by atoms with Gasteiger partial charge in [0.1, 0.15) is 17.8 Å². The molecule has 2 rings (SSSR count). The number of nitrogens with two attached hydrogens (primary N) is 1. The van der Waals surface area contributed by atoms with E-state index in [4.69, 9.17) is 15.3 Å². The molecule has 0 aliphatic carbocycles. The van der Waals surface area contributed by atoms with Gasteiger partial charge in [-0.2, -0.15) is 0 Å². The van der Waals surface area contributed by atoms with Gasteiger partial charge in [-0.3, -0.25) is 4.79 Å². The van der Waals surface area contributed by atoms with Crippen molar-refractivity contribution in [2.24, 2.45) is 5.73 Å². The highest BCUT2D eigenvalue weighted by atomic mass is 32.2. The quantitative estimate of drug-likeness (QED) is 0.769. The molecular formula is C11H14N4O3S. The van der Waals surface area contributed by atoms with E-state index in [-0.39, 0.29) is 0 Å². The molecule has 0 aromatic carbocycles. The molecule has 0 unspecified atom stereocenters. The monoisotopic (exact) mass is 282 g/mol. The van der Waals surface area contributed by atoms with Crippen molar-refractivity contribution in [3.8, 4) is 5.75 Å². The van der Waals surface area contributed by atoms with Crippen LogP contribution in [0.25, 0.3) is 0 Å². The number of nitrogens with zero attached hydrogens (tertiary/aromatic N) is 3. The Morgan fingerprint density at radius 2 is 2.32 bits per heavy atom. The van der Waals surface area contributed by atoms with Gasteiger partial charge in [-0.25, -0.2) is 0 Å². The highest BCUT2D eigenvalue weighted by Gasteiger charge is 2.10. The molecule has 0 saturated carbocycles. The van der Waals surface area contributed by atoms with E-state index in [1.165, 1.54) is 17.8 Å². The molecule has 7 nitrogen and oxygen atoms in total. The van der Waals surface area contributed by atoms with Crippen LogP contribution in [0.15, 0.2) is 26.7 Å². The van der Waals surface area contributed by atoms with Crippen molar-refractivity contribution in [2.45, 2.75) is 24.4 Å². The Morgan fingerprint density at radius 1 is 1.53 bits per heavy atom. The number of aromatic hydroxyl groups is 1. The molecule has 2 aromatic rings. The summed E-state index contributed by atoms with van der Waals surface area (Å²) in [6.45, 7) is 2.99. The number of aryl methyl sites for hydroxylation is 1. The summed E-state index contributed by atoms with van der Waals surface area (Å²) in [6, 6.07) is 1.26. The first-order chi connectivity index (χ1) is 9.11. The third kappa shape index (κ3) is 3.15. The predicted octanol–water partition coefficient (Wildman–Crippen LogP) is 0.496. The lowest BCUT2D eigenvalue weighted by atomic mass is 10.4. The molecule has 0 radical (unpaired) electrons. The van der Waals surface area contributed by atoms with Crippen LogP contribution < -0.4 is 11.2 Å². The van der Waals surface area contributed by atoms with E-state index >= 15 is 0 Å². The summed E-state index contributed by atoms with van der Waals surface area (Å²) in [7, 11) is 0. The molecule has 19 heavy (non-hydrogen) atoms. The van der Waals surface area contributed by atoms with Crippen molar-refractivity contribution >= 4 is 11.8 Å². The summed E-state index contributed by atoms with van der Waals surface area (Å²) in [6.07, 6.45) is 1.04. The highest BCUT2D eigenvalue weighted by molar-refractivity contribution is 7.98. The van der Waals surface area contributed by atoms with E-state index < -0.39 is 11.2 Å². The van der Waals surface area contributed by atoms with Crippen molar-refractivity contribution < 1.29 is 9.52 Å². The van der Waals surface area contributed by atoms with Crippen molar-refractivity contribution in [3.63, 3.8) is 0 Å². The van der Waals surface area contributed by atoms with Crippen LogP contribution in [0, 0.1) is 6.92 Å². The lowest BCUT2D eigenvalue weighted by Crippen LogP contribution is -2.12.